The molecule has 0 aromatic heterocycles. The monoisotopic (exact) mass is 365 g/mol. The summed E-state index contributed by atoms with van der Waals surface area (Å²) in [4.78, 5) is 0. The van der Waals surface area contributed by atoms with E-state index >= 15 is 0 Å². The third-order valence-corrected chi connectivity index (χ3v) is 4.36. The van der Waals surface area contributed by atoms with Crippen LogP contribution in [0.3, 0.4) is 0 Å². The molecular formula is C26H39N. The van der Waals surface area contributed by atoms with E-state index in [1.807, 2.05) is 0 Å². The Labute approximate surface area is 168 Å². The van der Waals surface area contributed by atoms with Crippen LogP contribution in [0.15, 0.2) is 78.9 Å². The number of rotatable bonds is 16. The van der Waals surface area contributed by atoms with Gasteiger partial charge in [0.15, 0.2) is 0 Å². The van der Waals surface area contributed by atoms with E-state index in [0.717, 1.165) is 25.8 Å². The van der Waals surface area contributed by atoms with Gasteiger partial charge < -0.3 is 5.32 Å². The van der Waals surface area contributed by atoms with Crippen molar-refractivity contribution in [3.63, 3.8) is 0 Å². The molecule has 0 unspecified atom stereocenters. The molecule has 1 N–H and O–H groups in total. The topological polar surface area (TPSA) is 12.0 Å². The molecule has 1 aromatic rings. The summed E-state index contributed by atoms with van der Waals surface area (Å²) in [6, 6.07) is 10.4. The second-order valence-electron chi connectivity index (χ2n) is 6.88. The van der Waals surface area contributed by atoms with Crippen molar-refractivity contribution < 1.29 is 0 Å². The van der Waals surface area contributed by atoms with E-state index in [1.54, 1.807) is 0 Å². The van der Waals surface area contributed by atoms with Crippen molar-refractivity contribution in [3.05, 3.63) is 78.9 Å². The minimum absolute atomic E-state index is 1.04. The normalized spacial score (nSPS) is 12.2. The van der Waals surface area contributed by atoms with E-state index in [2.05, 4.69) is 91.2 Å². The molecule has 1 nitrogen and oxygen atoms in total. The third-order valence-electron chi connectivity index (χ3n) is 4.36. The Balaban J connectivity index is 1.88. The standard InChI is InChI=1S/C26H39N/c1-2-3-4-5-6-7-8-9-10-11-12-13-14-15-16-17-18-22-25-27-26-23-20-19-21-24-26/h6-7,9-10,12-13,15-16,19-21,23-24,27H,2-5,8,11,14,17-18,22,25H2,1H3/b7-6-,10-9-,13-12-,16-15-. The average Bonchev–Trinajstić information content (AvgIpc) is 2.70. The molecule has 0 saturated heterocycles. The lowest BCUT2D eigenvalue weighted by atomic mass is 10.2. The molecular weight excluding hydrogens is 326 g/mol. The van der Waals surface area contributed by atoms with Gasteiger partial charge in [0.05, 0.1) is 0 Å². The first kappa shape index (κ1) is 23.0. The molecule has 148 valence electrons. The van der Waals surface area contributed by atoms with Crippen LogP contribution in [-0.2, 0) is 0 Å². The van der Waals surface area contributed by atoms with Gasteiger partial charge >= 0.3 is 0 Å². The van der Waals surface area contributed by atoms with Gasteiger partial charge in [-0.05, 0) is 63.5 Å². The Hall–Kier alpha value is -2.02. The van der Waals surface area contributed by atoms with Crippen molar-refractivity contribution in [2.75, 3.05) is 11.9 Å². The second kappa shape index (κ2) is 18.8. The third kappa shape index (κ3) is 15.9. The van der Waals surface area contributed by atoms with Gasteiger partial charge in [-0.3, -0.25) is 0 Å². The number of allylic oxidation sites excluding steroid dienone is 8. The molecule has 0 spiro atoms. The maximum atomic E-state index is 3.45. The van der Waals surface area contributed by atoms with Gasteiger partial charge in [-0.1, -0.05) is 86.6 Å². The van der Waals surface area contributed by atoms with Crippen LogP contribution in [0.25, 0.3) is 0 Å². The van der Waals surface area contributed by atoms with Gasteiger partial charge in [0.1, 0.15) is 0 Å². The molecule has 0 atom stereocenters. The fourth-order valence-electron chi connectivity index (χ4n) is 2.74. The Morgan fingerprint density at radius 3 is 1.70 bits per heavy atom. The molecule has 27 heavy (non-hydrogen) atoms. The minimum atomic E-state index is 1.04. The van der Waals surface area contributed by atoms with E-state index in [4.69, 9.17) is 0 Å². The second-order valence-corrected chi connectivity index (χ2v) is 6.88. The van der Waals surface area contributed by atoms with Crippen molar-refractivity contribution >= 4 is 5.69 Å². The maximum Gasteiger partial charge on any atom is 0.0340 e. The molecule has 1 aromatic carbocycles. The van der Waals surface area contributed by atoms with Gasteiger partial charge in [-0.25, -0.2) is 0 Å². The number of nitrogens with one attached hydrogen (secondary N) is 1. The minimum Gasteiger partial charge on any atom is -0.385 e. The van der Waals surface area contributed by atoms with Gasteiger partial charge in [0.25, 0.3) is 0 Å². The number of hydrogen-bond donors (Lipinski definition) is 1. The van der Waals surface area contributed by atoms with E-state index in [0.29, 0.717) is 0 Å². The van der Waals surface area contributed by atoms with Crippen molar-refractivity contribution in [3.8, 4) is 0 Å². The number of para-hydroxylation sites is 1. The van der Waals surface area contributed by atoms with E-state index in [9.17, 15) is 0 Å². The maximum absolute atomic E-state index is 3.45. The van der Waals surface area contributed by atoms with E-state index in [-0.39, 0.29) is 0 Å². The summed E-state index contributed by atoms with van der Waals surface area (Å²) in [5.74, 6) is 0. The van der Waals surface area contributed by atoms with Crippen LogP contribution in [-0.4, -0.2) is 6.54 Å². The summed E-state index contributed by atoms with van der Waals surface area (Å²) in [5, 5.41) is 3.45. The van der Waals surface area contributed by atoms with Crippen LogP contribution in [0.2, 0.25) is 0 Å². The highest BCUT2D eigenvalue weighted by atomic mass is 14.9. The van der Waals surface area contributed by atoms with Crippen molar-refractivity contribution in [2.24, 2.45) is 0 Å². The zero-order valence-corrected chi connectivity index (χ0v) is 17.3. The lowest BCUT2D eigenvalue weighted by molar-refractivity contribution is 0.728. The summed E-state index contributed by atoms with van der Waals surface area (Å²) in [5.41, 5.74) is 1.22. The van der Waals surface area contributed by atoms with Crippen molar-refractivity contribution in [2.45, 2.75) is 71.1 Å². The van der Waals surface area contributed by atoms with Crippen LogP contribution in [0.1, 0.15) is 71.1 Å². The molecule has 0 fully saturated rings. The predicted octanol–water partition coefficient (Wildman–Crippen LogP) is 8.24. The Kier molecular flexibility index (Phi) is 16.0. The van der Waals surface area contributed by atoms with Crippen molar-refractivity contribution in [1.82, 2.24) is 0 Å². The summed E-state index contributed by atoms with van der Waals surface area (Å²) in [6.45, 7) is 3.31. The molecule has 0 amide bonds. The van der Waals surface area contributed by atoms with Gasteiger partial charge in [-0.2, -0.15) is 0 Å². The number of unbranched alkanes of at least 4 members (excludes halogenated alkanes) is 5. The first-order chi connectivity index (χ1) is 13.4. The molecule has 1 rings (SSSR count). The highest BCUT2D eigenvalue weighted by Gasteiger charge is 1.89. The van der Waals surface area contributed by atoms with Crippen LogP contribution >= 0.6 is 0 Å². The first-order valence-corrected chi connectivity index (χ1v) is 10.8. The lowest BCUT2D eigenvalue weighted by Crippen LogP contribution is -2.00. The molecule has 0 radical (unpaired) electrons. The Bertz CT molecular complexity index is 537. The zero-order valence-electron chi connectivity index (χ0n) is 17.3. The van der Waals surface area contributed by atoms with Crippen LogP contribution < -0.4 is 5.32 Å². The number of anilines is 1. The predicted molar refractivity (Wildman–Crippen MR) is 123 cm³/mol. The van der Waals surface area contributed by atoms with E-state index in [1.165, 1.54) is 50.6 Å². The molecule has 0 aliphatic rings. The van der Waals surface area contributed by atoms with Crippen LogP contribution in [0, 0.1) is 0 Å². The largest absolute Gasteiger partial charge is 0.385 e. The molecule has 0 bridgehead atoms. The SMILES string of the molecule is CCCCC/C=C\C/C=C\C/C=C\C/C=C\CCCCNc1ccccc1. The first-order valence-electron chi connectivity index (χ1n) is 10.8. The smallest absolute Gasteiger partial charge is 0.0340 e. The zero-order chi connectivity index (χ0) is 19.3. The average molecular weight is 366 g/mol. The van der Waals surface area contributed by atoms with E-state index < -0.39 is 0 Å². The molecule has 0 saturated carbocycles. The fourth-order valence-corrected chi connectivity index (χ4v) is 2.74. The van der Waals surface area contributed by atoms with Gasteiger partial charge in [0.2, 0.25) is 0 Å². The molecule has 1 heteroatoms. The van der Waals surface area contributed by atoms with Crippen LogP contribution in [0.4, 0.5) is 5.69 Å². The Morgan fingerprint density at radius 1 is 0.630 bits per heavy atom. The summed E-state index contributed by atoms with van der Waals surface area (Å²) in [7, 11) is 0. The Morgan fingerprint density at radius 2 is 1.15 bits per heavy atom. The summed E-state index contributed by atoms with van der Waals surface area (Å²) < 4.78 is 0. The lowest BCUT2D eigenvalue weighted by Gasteiger charge is -2.04. The highest BCUT2D eigenvalue weighted by molar-refractivity contribution is 5.42. The molecule has 0 aliphatic heterocycles. The van der Waals surface area contributed by atoms with Gasteiger partial charge in [0, 0.05) is 12.2 Å². The summed E-state index contributed by atoms with van der Waals surface area (Å²) in [6.07, 6.45) is 30.3. The fraction of sp³-hybridized carbons (Fsp3) is 0.462. The number of benzene rings is 1. The quantitative estimate of drug-likeness (QED) is 0.230. The molecule has 0 aliphatic carbocycles. The molecule has 0 heterocycles. The van der Waals surface area contributed by atoms with Gasteiger partial charge in [-0.15, -0.1) is 0 Å². The number of hydrogen-bond acceptors (Lipinski definition) is 1. The highest BCUT2D eigenvalue weighted by Crippen LogP contribution is 2.06. The van der Waals surface area contributed by atoms with Crippen LogP contribution in [0.5, 0.6) is 0 Å². The summed E-state index contributed by atoms with van der Waals surface area (Å²) >= 11 is 0. The van der Waals surface area contributed by atoms with Crippen molar-refractivity contribution in [1.29, 1.82) is 0 Å².